The van der Waals surface area contributed by atoms with E-state index in [4.69, 9.17) is 10.5 Å². The fourth-order valence-electron chi connectivity index (χ4n) is 2.87. The van der Waals surface area contributed by atoms with E-state index >= 15 is 0 Å². The van der Waals surface area contributed by atoms with E-state index in [1.165, 1.54) is 0 Å². The van der Waals surface area contributed by atoms with Crippen molar-refractivity contribution in [1.82, 2.24) is 0 Å². The Morgan fingerprint density at radius 3 is 2.58 bits per heavy atom. The molecule has 1 aromatic rings. The molecule has 0 radical (unpaired) electrons. The number of rotatable bonds is 0. The van der Waals surface area contributed by atoms with E-state index < -0.39 is 5.60 Å². The number of fused-ring (bicyclic) bond motifs is 1. The minimum atomic E-state index is -0.491. The van der Waals surface area contributed by atoms with E-state index in [9.17, 15) is 4.79 Å². The zero-order valence-electron chi connectivity index (χ0n) is 11.6. The summed E-state index contributed by atoms with van der Waals surface area (Å²) in [5.41, 5.74) is 7.55. The van der Waals surface area contributed by atoms with E-state index in [1.54, 1.807) is 4.90 Å². The van der Waals surface area contributed by atoms with Gasteiger partial charge in [-0.2, -0.15) is 0 Å². The van der Waals surface area contributed by atoms with Gasteiger partial charge in [0.15, 0.2) is 0 Å². The van der Waals surface area contributed by atoms with Gasteiger partial charge in [0.25, 0.3) is 0 Å². The highest BCUT2D eigenvalue weighted by Crippen LogP contribution is 2.58. The average Bonchev–Trinajstić information content (AvgIpc) is 3.03. The monoisotopic (exact) mass is 260 g/mol. The van der Waals surface area contributed by atoms with Crippen LogP contribution in [0.2, 0.25) is 0 Å². The van der Waals surface area contributed by atoms with Crippen molar-refractivity contribution >= 4 is 11.8 Å². The molecule has 19 heavy (non-hydrogen) atoms. The summed E-state index contributed by atoms with van der Waals surface area (Å²) in [7, 11) is 0. The van der Waals surface area contributed by atoms with Crippen LogP contribution in [0, 0.1) is 0 Å². The first-order valence-electron chi connectivity index (χ1n) is 6.73. The first-order valence-corrected chi connectivity index (χ1v) is 6.73. The van der Waals surface area contributed by atoms with Crippen molar-refractivity contribution in [2.45, 2.75) is 50.8 Å². The summed E-state index contributed by atoms with van der Waals surface area (Å²) in [5, 5.41) is 0. The molecule has 1 amide bonds. The summed E-state index contributed by atoms with van der Waals surface area (Å²) in [4.78, 5) is 14.2. The van der Waals surface area contributed by atoms with Crippen molar-refractivity contribution in [3.8, 4) is 0 Å². The molecule has 4 nitrogen and oxygen atoms in total. The Bertz CT molecular complexity index is 529. The van der Waals surface area contributed by atoms with E-state index in [0.717, 1.165) is 24.1 Å². The molecular weight excluding hydrogens is 240 g/mol. The van der Waals surface area contributed by atoms with Crippen LogP contribution in [0.3, 0.4) is 0 Å². The van der Waals surface area contributed by atoms with Gasteiger partial charge in [-0.1, -0.05) is 18.2 Å². The summed E-state index contributed by atoms with van der Waals surface area (Å²) in [6.45, 7) is 5.64. The van der Waals surface area contributed by atoms with E-state index in [-0.39, 0.29) is 17.7 Å². The van der Waals surface area contributed by atoms with Gasteiger partial charge in [-0.25, -0.2) is 4.79 Å². The molecule has 1 aromatic carbocycles. The Balaban J connectivity index is 1.99. The van der Waals surface area contributed by atoms with Crippen molar-refractivity contribution in [1.29, 1.82) is 0 Å². The minimum absolute atomic E-state index is 0.101. The third-order valence-electron chi connectivity index (χ3n) is 3.88. The van der Waals surface area contributed by atoms with E-state index in [0.29, 0.717) is 0 Å². The number of amides is 1. The van der Waals surface area contributed by atoms with Crippen LogP contribution in [-0.4, -0.2) is 17.2 Å². The lowest BCUT2D eigenvalue weighted by Crippen LogP contribution is -2.45. The molecule has 1 spiro atoms. The van der Waals surface area contributed by atoms with Crippen LogP contribution < -0.4 is 10.6 Å². The van der Waals surface area contributed by atoms with Crippen molar-refractivity contribution in [3.63, 3.8) is 0 Å². The summed E-state index contributed by atoms with van der Waals surface area (Å²) >= 11 is 0. The van der Waals surface area contributed by atoms with Gasteiger partial charge in [-0.05, 0) is 45.2 Å². The first-order chi connectivity index (χ1) is 8.85. The number of hydrogen-bond donors (Lipinski definition) is 1. The van der Waals surface area contributed by atoms with Crippen LogP contribution >= 0.6 is 0 Å². The van der Waals surface area contributed by atoms with Crippen molar-refractivity contribution in [2.24, 2.45) is 5.73 Å². The second-order valence-corrected chi connectivity index (χ2v) is 6.46. The Labute approximate surface area is 113 Å². The number of nitrogens with zero attached hydrogens (tertiary/aromatic N) is 1. The number of para-hydroxylation sites is 1. The topological polar surface area (TPSA) is 55.6 Å². The fourth-order valence-corrected chi connectivity index (χ4v) is 2.87. The standard InChI is InChI=1S/C15H20N2O2/c1-14(2,3)19-13(18)17-11-7-5-4-6-10(11)12(16)15(17)8-9-15/h4-7,12H,8-9,16H2,1-3H3. The lowest BCUT2D eigenvalue weighted by Gasteiger charge is -2.30. The predicted octanol–water partition coefficient (Wildman–Crippen LogP) is 2.97. The van der Waals surface area contributed by atoms with Gasteiger partial charge < -0.3 is 10.5 Å². The molecular formula is C15H20N2O2. The minimum Gasteiger partial charge on any atom is -0.443 e. The lowest BCUT2D eigenvalue weighted by molar-refractivity contribution is 0.0561. The number of hydrogen-bond acceptors (Lipinski definition) is 3. The molecule has 0 bridgehead atoms. The zero-order chi connectivity index (χ0) is 13.8. The van der Waals surface area contributed by atoms with Crippen LogP contribution in [0.15, 0.2) is 24.3 Å². The van der Waals surface area contributed by atoms with Crippen LogP contribution in [0.25, 0.3) is 0 Å². The van der Waals surface area contributed by atoms with Gasteiger partial charge in [0, 0.05) is 0 Å². The molecule has 1 fully saturated rings. The van der Waals surface area contributed by atoms with Crippen molar-refractivity contribution in [2.75, 3.05) is 4.90 Å². The van der Waals surface area contributed by atoms with Gasteiger partial charge >= 0.3 is 6.09 Å². The average molecular weight is 260 g/mol. The molecule has 1 unspecified atom stereocenters. The molecule has 1 saturated carbocycles. The second kappa shape index (κ2) is 3.73. The predicted molar refractivity (Wildman–Crippen MR) is 74.0 cm³/mol. The number of ether oxygens (including phenoxy) is 1. The van der Waals surface area contributed by atoms with Gasteiger partial charge in [-0.3, -0.25) is 4.90 Å². The van der Waals surface area contributed by atoms with Gasteiger partial charge in [0.05, 0.1) is 17.3 Å². The van der Waals surface area contributed by atoms with Gasteiger partial charge in [0.1, 0.15) is 5.60 Å². The number of carbonyl (C=O) groups excluding carboxylic acids is 1. The highest BCUT2D eigenvalue weighted by atomic mass is 16.6. The van der Waals surface area contributed by atoms with Crippen LogP contribution in [0.4, 0.5) is 10.5 Å². The van der Waals surface area contributed by atoms with Crippen molar-refractivity contribution in [3.05, 3.63) is 29.8 Å². The molecule has 2 aliphatic rings. The quantitative estimate of drug-likeness (QED) is 0.780. The van der Waals surface area contributed by atoms with Crippen LogP contribution in [0.5, 0.6) is 0 Å². The maximum absolute atomic E-state index is 12.5. The molecule has 0 aromatic heterocycles. The van der Waals surface area contributed by atoms with Gasteiger partial charge in [0.2, 0.25) is 0 Å². The summed E-state index contributed by atoms with van der Waals surface area (Å²) in [5.74, 6) is 0. The Hall–Kier alpha value is -1.55. The maximum Gasteiger partial charge on any atom is 0.415 e. The van der Waals surface area contributed by atoms with Crippen molar-refractivity contribution < 1.29 is 9.53 Å². The molecule has 1 heterocycles. The molecule has 0 saturated heterocycles. The molecule has 1 atom stereocenters. The summed E-state index contributed by atoms with van der Waals surface area (Å²) in [6, 6.07) is 7.75. The summed E-state index contributed by atoms with van der Waals surface area (Å²) in [6.07, 6.45) is 1.61. The first kappa shape index (κ1) is 12.5. The normalized spacial score (nSPS) is 23.4. The third-order valence-corrected chi connectivity index (χ3v) is 3.88. The molecule has 4 heteroatoms. The van der Waals surface area contributed by atoms with Crippen LogP contribution in [-0.2, 0) is 4.74 Å². The third kappa shape index (κ3) is 1.82. The lowest BCUT2D eigenvalue weighted by atomic mass is 10.0. The Morgan fingerprint density at radius 1 is 1.37 bits per heavy atom. The Morgan fingerprint density at radius 2 is 2.00 bits per heavy atom. The summed E-state index contributed by atoms with van der Waals surface area (Å²) < 4.78 is 5.53. The van der Waals surface area contributed by atoms with E-state index in [1.807, 2.05) is 45.0 Å². The Kier molecular flexibility index (Phi) is 2.45. The number of carbonyl (C=O) groups is 1. The highest BCUT2D eigenvalue weighted by molar-refractivity contribution is 5.94. The maximum atomic E-state index is 12.5. The largest absolute Gasteiger partial charge is 0.443 e. The smallest absolute Gasteiger partial charge is 0.415 e. The van der Waals surface area contributed by atoms with E-state index in [2.05, 4.69) is 0 Å². The second-order valence-electron chi connectivity index (χ2n) is 6.46. The highest BCUT2D eigenvalue weighted by Gasteiger charge is 2.61. The molecule has 3 rings (SSSR count). The fraction of sp³-hybridized carbons (Fsp3) is 0.533. The molecule has 1 aliphatic heterocycles. The molecule has 102 valence electrons. The number of anilines is 1. The number of benzene rings is 1. The van der Waals surface area contributed by atoms with Gasteiger partial charge in [-0.15, -0.1) is 0 Å². The SMILES string of the molecule is CC(C)(C)OC(=O)N1c2ccccc2C(N)C12CC2. The molecule has 1 aliphatic carbocycles. The van der Waals surface area contributed by atoms with Crippen LogP contribution in [0.1, 0.15) is 45.2 Å². The molecule has 2 N–H and O–H groups in total. The number of nitrogens with two attached hydrogens (primary N) is 1. The zero-order valence-corrected chi connectivity index (χ0v) is 11.6.